The molecule has 0 aromatic heterocycles. The minimum atomic E-state index is -1.41. The summed E-state index contributed by atoms with van der Waals surface area (Å²) in [6.45, 7) is 0. The molecule has 59 valence electrons. The standard InChI is InChI=1S/C6H11.2H2N.Pt/c1-2-4-6-5-3-1;;;/h1H,2-6H2;2*1H2;/q;2*-1;+2. The summed E-state index contributed by atoms with van der Waals surface area (Å²) in [6, 6.07) is 0. The monoisotopic (exact) mass is 310 g/mol. The van der Waals surface area contributed by atoms with Crippen molar-refractivity contribution in [3.8, 4) is 0 Å². The average molecular weight is 310 g/mol. The molecular weight excluding hydrogens is 295 g/mol. The van der Waals surface area contributed by atoms with E-state index in [1.807, 2.05) is 0 Å². The van der Waals surface area contributed by atoms with Crippen molar-refractivity contribution in [1.29, 1.82) is 0 Å². The summed E-state index contributed by atoms with van der Waals surface area (Å²) in [7, 11) is 0. The Morgan fingerprint density at radius 3 is 1.89 bits per heavy atom. The van der Waals surface area contributed by atoms with Crippen LogP contribution in [0.15, 0.2) is 0 Å². The van der Waals surface area contributed by atoms with Crippen LogP contribution < -0.4 is 8.58 Å². The Hall–Kier alpha value is 0.608. The van der Waals surface area contributed by atoms with Crippen molar-refractivity contribution >= 4 is 0 Å². The third-order valence-electron chi connectivity index (χ3n) is 1.80. The Kier molecular flexibility index (Phi) is 3.17. The summed E-state index contributed by atoms with van der Waals surface area (Å²) in [5.74, 6) is 0. The molecule has 1 fully saturated rings. The van der Waals surface area contributed by atoms with E-state index in [4.69, 9.17) is 8.58 Å². The van der Waals surface area contributed by atoms with Crippen molar-refractivity contribution in [2.75, 3.05) is 0 Å². The van der Waals surface area contributed by atoms with E-state index in [0.29, 0.717) is 0 Å². The van der Waals surface area contributed by atoms with E-state index >= 15 is 0 Å². The Bertz CT molecular complexity index is 79.1. The van der Waals surface area contributed by atoms with E-state index < -0.39 is 17.8 Å². The molecular formula is C6H15N2Pt. The van der Waals surface area contributed by atoms with Crippen molar-refractivity contribution in [2.24, 2.45) is 8.58 Å². The van der Waals surface area contributed by atoms with Crippen LogP contribution in [0.3, 0.4) is 0 Å². The van der Waals surface area contributed by atoms with E-state index in [0.717, 1.165) is 4.31 Å². The van der Waals surface area contributed by atoms with Crippen LogP contribution in [-0.2, 0) is 17.8 Å². The maximum absolute atomic E-state index is 5.70. The summed E-state index contributed by atoms with van der Waals surface area (Å²) in [5.41, 5.74) is 0. The van der Waals surface area contributed by atoms with Gasteiger partial charge in [-0.3, -0.25) is 0 Å². The summed E-state index contributed by atoms with van der Waals surface area (Å²) in [5, 5.41) is 0. The predicted octanol–water partition coefficient (Wildman–Crippen LogP) is 1.10. The number of hydrogen-bond acceptors (Lipinski definition) is 2. The molecule has 1 saturated carbocycles. The zero-order valence-electron chi connectivity index (χ0n) is 5.58. The molecule has 0 aliphatic heterocycles. The molecule has 0 radical (unpaired) electrons. The molecule has 1 aliphatic rings. The Labute approximate surface area is 63.1 Å². The van der Waals surface area contributed by atoms with Gasteiger partial charge in [0.2, 0.25) is 0 Å². The maximum atomic E-state index is 5.70. The Balaban J connectivity index is 2.23. The molecule has 2 nitrogen and oxygen atoms in total. The van der Waals surface area contributed by atoms with Gasteiger partial charge in [-0.2, -0.15) is 0 Å². The molecule has 0 saturated heterocycles. The van der Waals surface area contributed by atoms with Crippen molar-refractivity contribution in [3.63, 3.8) is 0 Å². The molecule has 1 rings (SSSR count). The molecule has 4 N–H and O–H groups in total. The van der Waals surface area contributed by atoms with Crippen molar-refractivity contribution < 1.29 is 17.8 Å². The molecule has 0 heterocycles. The van der Waals surface area contributed by atoms with Crippen molar-refractivity contribution in [1.82, 2.24) is 0 Å². The Morgan fingerprint density at radius 1 is 1.00 bits per heavy atom. The first-order chi connectivity index (χ1) is 4.30. The van der Waals surface area contributed by atoms with Gasteiger partial charge in [-0.05, 0) is 0 Å². The molecule has 3 heteroatoms. The number of nitrogens with two attached hydrogens (primary N) is 2. The number of hydrogen-bond donors (Lipinski definition) is 2. The third kappa shape index (κ3) is 2.36. The van der Waals surface area contributed by atoms with Gasteiger partial charge in [-0.1, -0.05) is 0 Å². The summed E-state index contributed by atoms with van der Waals surface area (Å²) >= 11 is -1.41. The molecule has 1 aliphatic carbocycles. The van der Waals surface area contributed by atoms with E-state index in [1.165, 1.54) is 32.1 Å². The van der Waals surface area contributed by atoms with Crippen molar-refractivity contribution in [3.05, 3.63) is 0 Å². The van der Waals surface area contributed by atoms with Crippen LogP contribution in [0.2, 0.25) is 4.31 Å². The fourth-order valence-corrected chi connectivity index (χ4v) is 3.68. The van der Waals surface area contributed by atoms with Crippen molar-refractivity contribution in [2.45, 2.75) is 36.4 Å². The second kappa shape index (κ2) is 3.70. The van der Waals surface area contributed by atoms with Gasteiger partial charge >= 0.3 is 62.8 Å². The van der Waals surface area contributed by atoms with Crippen LogP contribution in [-0.4, -0.2) is 0 Å². The fourth-order valence-electron chi connectivity index (χ4n) is 1.24. The van der Waals surface area contributed by atoms with Gasteiger partial charge < -0.3 is 0 Å². The van der Waals surface area contributed by atoms with Gasteiger partial charge in [0.1, 0.15) is 0 Å². The molecule has 0 unspecified atom stereocenters. The predicted molar refractivity (Wildman–Crippen MR) is 35.2 cm³/mol. The van der Waals surface area contributed by atoms with E-state index in [-0.39, 0.29) is 0 Å². The summed E-state index contributed by atoms with van der Waals surface area (Å²) < 4.78 is 12.2. The van der Waals surface area contributed by atoms with Crippen LogP contribution in [0, 0.1) is 0 Å². The van der Waals surface area contributed by atoms with Crippen LogP contribution >= 0.6 is 0 Å². The van der Waals surface area contributed by atoms with Gasteiger partial charge in [0.25, 0.3) is 0 Å². The molecule has 0 aromatic carbocycles. The molecule has 0 bridgehead atoms. The van der Waals surface area contributed by atoms with Crippen LogP contribution in [0.4, 0.5) is 0 Å². The van der Waals surface area contributed by atoms with Crippen LogP contribution in [0.25, 0.3) is 0 Å². The van der Waals surface area contributed by atoms with E-state index in [9.17, 15) is 0 Å². The zero-order chi connectivity index (χ0) is 6.69. The van der Waals surface area contributed by atoms with Gasteiger partial charge in [-0.15, -0.1) is 0 Å². The second-order valence-corrected chi connectivity index (χ2v) is 6.63. The first-order valence-corrected chi connectivity index (χ1v) is 7.30. The number of rotatable bonds is 1. The second-order valence-electron chi connectivity index (χ2n) is 2.50. The molecule has 0 spiro atoms. The molecule has 0 aromatic rings. The van der Waals surface area contributed by atoms with E-state index in [1.54, 1.807) is 0 Å². The summed E-state index contributed by atoms with van der Waals surface area (Å²) in [6.07, 6.45) is 6.78. The van der Waals surface area contributed by atoms with Crippen LogP contribution in [0.1, 0.15) is 32.1 Å². The zero-order valence-corrected chi connectivity index (χ0v) is 7.86. The SMILES string of the molecule is [NH2][Pt]([NH2])[CH]1CCCCC1. The average Bonchev–Trinajstić information content (AvgIpc) is 1.90. The van der Waals surface area contributed by atoms with Gasteiger partial charge in [0.15, 0.2) is 0 Å². The minimum absolute atomic E-state index is 0.767. The van der Waals surface area contributed by atoms with Gasteiger partial charge in [0.05, 0.1) is 0 Å². The van der Waals surface area contributed by atoms with Gasteiger partial charge in [0, 0.05) is 0 Å². The fraction of sp³-hybridized carbons (Fsp3) is 1.00. The third-order valence-corrected chi connectivity index (χ3v) is 5.25. The topological polar surface area (TPSA) is 52.0 Å². The first-order valence-electron chi connectivity index (χ1n) is 3.36. The molecule has 0 atom stereocenters. The normalized spacial score (nSPS) is 24.0. The quantitative estimate of drug-likeness (QED) is 0.762. The van der Waals surface area contributed by atoms with Gasteiger partial charge in [-0.25, -0.2) is 0 Å². The van der Waals surface area contributed by atoms with Crippen LogP contribution in [0.5, 0.6) is 0 Å². The van der Waals surface area contributed by atoms with E-state index in [2.05, 4.69) is 0 Å². The Morgan fingerprint density at radius 2 is 1.56 bits per heavy atom. The summed E-state index contributed by atoms with van der Waals surface area (Å²) in [4.78, 5) is 0. The molecule has 9 heavy (non-hydrogen) atoms. The molecule has 0 amide bonds. The first kappa shape index (κ1) is 7.71.